The van der Waals surface area contributed by atoms with Gasteiger partial charge in [0.15, 0.2) is 0 Å². The maximum absolute atomic E-state index is 5.30. The minimum Gasteiger partial charge on any atom is -0.497 e. The maximum Gasteiger partial charge on any atom is 0.134 e. The Kier molecular flexibility index (Phi) is 3.69. The molecule has 0 radical (unpaired) electrons. The minimum absolute atomic E-state index is 0.0792. The van der Waals surface area contributed by atoms with E-state index in [1.54, 1.807) is 13.3 Å². The molecular formula is C17H17N3O. The highest BCUT2D eigenvalue weighted by Gasteiger charge is 2.10. The summed E-state index contributed by atoms with van der Waals surface area (Å²) in [6.07, 6.45) is 3.61. The lowest BCUT2D eigenvalue weighted by atomic mass is 10.1. The van der Waals surface area contributed by atoms with Gasteiger partial charge >= 0.3 is 0 Å². The Morgan fingerprint density at radius 3 is 2.71 bits per heavy atom. The Balaban J connectivity index is 1.96. The number of nitrogens with one attached hydrogen (secondary N) is 1. The zero-order valence-electron chi connectivity index (χ0n) is 12.1. The molecule has 3 aromatic rings. The van der Waals surface area contributed by atoms with Crippen LogP contribution in [0.2, 0.25) is 0 Å². The van der Waals surface area contributed by atoms with Gasteiger partial charge in [0.05, 0.1) is 18.8 Å². The molecule has 1 N–H and O–H groups in total. The quantitative estimate of drug-likeness (QED) is 0.789. The van der Waals surface area contributed by atoms with Gasteiger partial charge in [0.2, 0.25) is 0 Å². The molecule has 3 rings (SSSR count). The molecule has 106 valence electrons. The summed E-state index contributed by atoms with van der Waals surface area (Å²) in [6, 6.07) is 14.0. The van der Waals surface area contributed by atoms with Crippen LogP contribution in [0.15, 0.2) is 54.9 Å². The largest absolute Gasteiger partial charge is 0.497 e. The molecule has 4 nitrogen and oxygen atoms in total. The predicted octanol–water partition coefficient (Wildman–Crippen LogP) is 3.81. The first-order chi connectivity index (χ1) is 10.3. The molecule has 21 heavy (non-hydrogen) atoms. The van der Waals surface area contributed by atoms with Crippen LogP contribution >= 0.6 is 0 Å². The standard InChI is InChI=1S/C17H17N3O/c1-12(16-5-3-4-9-18-16)20-17-15-11-14(21-2)7-6-13(15)8-10-19-17/h3-12H,1-2H3,(H,19,20). The Morgan fingerprint density at radius 1 is 1.05 bits per heavy atom. The van der Waals surface area contributed by atoms with E-state index in [-0.39, 0.29) is 6.04 Å². The van der Waals surface area contributed by atoms with Crippen molar-refractivity contribution >= 4 is 16.6 Å². The highest BCUT2D eigenvalue weighted by Crippen LogP contribution is 2.27. The molecule has 0 aliphatic heterocycles. The zero-order chi connectivity index (χ0) is 14.7. The van der Waals surface area contributed by atoms with Crippen molar-refractivity contribution in [3.63, 3.8) is 0 Å². The average molecular weight is 279 g/mol. The summed E-state index contributed by atoms with van der Waals surface area (Å²) in [6.45, 7) is 2.07. The molecule has 0 spiro atoms. The Labute approximate surface area is 123 Å². The zero-order valence-corrected chi connectivity index (χ0v) is 12.1. The second-order valence-electron chi connectivity index (χ2n) is 4.87. The van der Waals surface area contributed by atoms with E-state index in [2.05, 4.69) is 22.2 Å². The van der Waals surface area contributed by atoms with Crippen molar-refractivity contribution in [3.8, 4) is 5.75 Å². The van der Waals surface area contributed by atoms with Crippen molar-refractivity contribution in [2.24, 2.45) is 0 Å². The average Bonchev–Trinajstić information content (AvgIpc) is 2.55. The summed E-state index contributed by atoms with van der Waals surface area (Å²) in [5.74, 6) is 1.66. The number of hydrogen-bond acceptors (Lipinski definition) is 4. The molecule has 2 aromatic heterocycles. The van der Waals surface area contributed by atoms with Crippen LogP contribution in [0.4, 0.5) is 5.82 Å². The molecule has 0 amide bonds. The van der Waals surface area contributed by atoms with Gasteiger partial charge in [0, 0.05) is 17.8 Å². The summed E-state index contributed by atoms with van der Waals surface area (Å²) in [5.41, 5.74) is 0.985. The number of ether oxygens (including phenoxy) is 1. The molecule has 0 bridgehead atoms. The summed E-state index contributed by atoms with van der Waals surface area (Å²) >= 11 is 0. The van der Waals surface area contributed by atoms with Crippen molar-refractivity contribution in [1.29, 1.82) is 0 Å². The van der Waals surface area contributed by atoms with E-state index in [1.165, 1.54) is 0 Å². The maximum atomic E-state index is 5.30. The third-order valence-corrected chi connectivity index (χ3v) is 3.46. The number of pyridine rings is 2. The van der Waals surface area contributed by atoms with Gasteiger partial charge in [0.1, 0.15) is 11.6 Å². The van der Waals surface area contributed by atoms with Gasteiger partial charge in [-0.25, -0.2) is 4.98 Å². The minimum atomic E-state index is 0.0792. The summed E-state index contributed by atoms with van der Waals surface area (Å²) < 4.78 is 5.30. The van der Waals surface area contributed by atoms with Crippen LogP contribution in [0, 0.1) is 0 Å². The molecule has 1 unspecified atom stereocenters. The molecule has 1 atom stereocenters. The van der Waals surface area contributed by atoms with E-state index in [4.69, 9.17) is 4.74 Å². The number of fused-ring (bicyclic) bond motifs is 1. The van der Waals surface area contributed by atoms with Crippen LogP contribution in [0.1, 0.15) is 18.7 Å². The number of rotatable bonds is 4. The first-order valence-corrected chi connectivity index (χ1v) is 6.88. The number of hydrogen-bond donors (Lipinski definition) is 1. The second kappa shape index (κ2) is 5.79. The van der Waals surface area contributed by atoms with Crippen molar-refractivity contribution < 1.29 is 4.74 Å². The van der Waals surface area contributed by atoms with E-state index in [0.29, 0.717) is 0 Å². The van der Waals surface area contributed by atoms with Crippen LogP contribution in [0.5, 0.6) is 5.75 Å². The van der Waals surface area contributed by atoms with E-state index in [9.17, 15) is 0 Å². The Morgan fingerprint density at radius 2 is 1.95 bits per heavy atom. The summed E-state index contributed by atoms with van der Waals surface area (Å²) in [4.78, 5) is 8.83. The van der Waals surface area contributed by atoms with Crippen molar-refractivity contribution in [2.75, 3.05) is 12.4 Å². The molecule has 2 heterocycles. The van der Waals surface area contributed by atoms with Crippen LogP contribution in [0.3, 0.4) is 0 Å². The first-order valence-electron chi connectivity index (χ1n) is 6.88. The molecule has 1 aromatic carbocycles. The molecule has 0 saturated carbocycles. The number of aromatic nitrogens is 2. The normalized spacial score (nSPS) is 12.1. The van der Waals surface area contributed by atoms with Crippen LogP contribution in [-0.2, 0) is 0 Å². The van der Waals surface area contributed by atoms with Gasteiger partial charge in [-0.2, -0.15) is 0 Å². The molecule has 0 aliphatic carbocycles. The van der Waals surface area contributed by atoms with Gasteiger partial charge in [-0.05, 0) is 42.6 Å². The fourth-order valence-corrected chi connectivity index (χ4v) is 2.30. The SMILES string of the molecule is COc1ccc2ccnc(NC(C)c3ccccn3)c2c1. The van der Waals surface area contributed by atoms with E-state index >= 15 is 0 Å². The third kappa shape index (κ3) is 2.79. The lowest BCUT2D eigenvalue weighted by molar-refractivity contribution is 0.415. The molecule has 4 heteroatoms. The van der Waals surface area contributed by atoms with Gasteiger partial charge in [-0.1, -0.05) is 12.1 Å². The topological polar surface area (TPSA) is 47.0 Å². The smallest absolute Gasteiger partial charge is 0.134 e. The number of anilines is 1. The number of methoxy groups -OCH3 is 1. The first kappa shape index (κ1) is 13.4. The van der Waals surface area contributed by atoms with E-state index in [0.717, 1.165) is 28.0 Å². The van der Waals surface area contributed by atoms with Gasteiger partial charge in [0.25, 0.3) is 0 Å². The highest BCUT2D eigenvalue weighted by atomic mass is 16.5. The lowest BCUT2D eigenvalue weighted by Gasteiger charge is -2.15. The summed E-state index contributed by atoms with van der Waals surface area (Å²) in [7, 11) is 1.67. The second-order valence-corrected chi connectivity index (χ2v) is 4.87. The van der Waals surface area contributed by atoms with Crippen LogP contribution < -0.4 is 10.1 Å². The van der Waals surface area contributed by atoms with Crippen LogP contribution in [-0.4, -0.2) is 17.1 Å². The fourth-order valence-electron chi connectivity index (χ4n) is 2.30. The van der Waals surface area contributed by atoms with E-state index in [1.807, 2.05) is 48.7 Å². The number of benzene rings is 1. The third-order valence-electron chi connectivity index (χ3n) is 3.46. The molecular weight excluding hydrogens is 262 g/mol. The van der Waals surface area contributed by atoms with Crippen molar-refractivity contribution in [2.45, 2.75) is 13.0 Å². The lowest BCUT2D eigenvalue weighted by Crippen LogP contribution is -2.09. The highest BCUT2D eigenvalue weighted by molar-refractivity contribution is 5.92. The molecule has 0 fully saturated rings. The van der Waals surface area contributed by atoms with Crippen molar-refractivity contribution in [3.05, 3.63) is 60.6 Å². The van der Waals surface area contributed by atoms with Gasteiger partial charge in [-0.15, -0.1) is 0 Å². The monoisotopic (exact) mass is 279 g/mol. The van der Waals surface area contributed by atoms with Crippen molar-refractivity contribution in [1.82, 2.24) is 9.97 Å². The Bertz CT molecular complexity index is 743. The molecule has 0 aliphatic rings. The fraction of sp³-hybridized carbons (Fsp3) is 0.176. The van der Waals surface area contributed by atoms with Crippen LogP contribution in [0.25, 0.3) is 10.8 Å². The number of nitrogens with zero attached hydrogens (tertiary/aromatic N) is 2. The Hall–Kier alpha value is -2.62. The van der Waals surface area contributed by atoms with Gasteiger partial charge < -0.3 is 10.1 Å². The molecule has 0 saturated heterocycles. The van der Waals surface area contributed by atoms with E-state index < -0.39 is 0 Å². The van der Waals surface area contributed by atoms with Gasteiger partial charge in [-0.3, -0.25) is 4.98 Å². The predicted molar refractivity (Wildman–Crippen MR) is 84.6 cm³/mol. The summed E-state index contributed by atoms with van der Waals surface area (Å²) in [5, 5.41) is 5.59.